The minimum Gasteiger partial charge on any atom is -0.309 e. The number of benzene rings is 10. The molecule has 10 aromatic carbocycles. The Morgan fingerprint density at radius 1 is 0.250 bits per heavy atom. The summed E-state index contributed by atoms with van der Waals surface area (Å²) in [7, 11) is 0. The SMILES string of the molecule is c1ccc(-c2cccc(-c3cccc4c5ccccc5n(-c5nc(-c6ccccc6)nc(-c6ccc(-c7cc(-c8ccccc8)ccc7-n7c8ccccc8c8ccccc87)cc6)n5)c34)c2)cc1. The maximum atomic E-state index is 5.39. The number of aromatic nitrogens is 5. The molecule has 0 fully saturated rings. The molecule has 0 aliphatic carbocycles. The van der Waals surface area contributed by atoms with Crippen LogP contribution in [-0.4, -0.2) is 24.1 Å². The molecular formula is C63H41N5. The second-order valence-electron chi connectivity index (χ2n) is 17.2. The van der Waals surface area contributed by atoms with E-state index in [0.717, 1.165) is 72.0 Å². The van der Waals surface area contributed by atoms with Crippen LogP contribution in [-0.2, 0) is 0 Å². The van der Waals surface area contributed by atoms with Crippen molar-refractivity contribution in [1.82, 2.24) is 24.1 Å². The highest BCUT2D eigenvalue weighted by Gasteiger charge is 2.22. The summed E-state index contributed by atoms with van der Waals surface area (Å²) in [5, 5.41) is 4.72. The van der Waals surface area contributed by atoms with Crippen LogP contribution in [0.4, 0.5) is 0 Å². The molecule has 0 saturated carbocycles. The first kappa shape index (κ1) is 39.2. The van der Waals surface area contributed by atoms with Gasteiger partial charge in [-0.2, -0.15) is 9.97 Å². The maximum absolute atomic E-state index is 5.39. The lowest BCUT2D eigenvalue weighted by atomic mass is 9.96. The fraction of sp³-hybridized carbons (Fsp3) is 0. The van der Waals surface area contributed by atoms with Gasteiger partial charge < -0.3 is 4.57 Å². The van der Waals surface area contributed by atoms with E-state index in [1.165, 1.54) is 32.9 Å². The largest absolute Gasteiger partial charge is 0.309 e. The molecule has 3 heterocycles. The predicted octanol–water partition coefficient (Wildman–Crippen LogP) is 16.1. The maximum Gasteiger partial charge on any atom is 0.238 e. The van der Waals surface area contributed by atoms with Crippen molar-refractivity contribution in [3.8, 4) is 78.9 Å². The van der Waals surface area contributed by atoms with Crippen molar-refractivity contribution < 1.29 is 0 Å². The van der Waals surface area contributed by atoms with E-state index in [1.807, 2.05) is 18.2 Å². The summed E-state index contributed by atoms with van der Waals surface area (Å²) in [6, 6.07) is 88.2. The standard InChI is InChI=1S/C63H41N5/c1-4-18-42(19-5-1)47-24-16-25-49(40-47)50-29-17-30-54-53-28-12-15-33-58(53)68(60(50)54)63-65-61(45-22-8-3-9-23-45)64-62(66-63)46-36-34-44(35-37-46)55-41-48(43-20-6-2-7-21-43)38-39-59(55)67-56-31-13-10-26-51(56)52-27-11-14-32-57(52)67/h1-41H. The molecule has 0 saturated heterocycles. The lowest BCUT2D eigenvalue weighted by Gasteiger charge is -2.17. The molecule has 0 amide bonds. The van der Waals surface area contributed by atoms with E-state index in [9.17, 15) is 0 Å². The summed E-state index contributed by atoms with van der Waals surface area (Å²) < 4.78 is 4.64. The van der Waals surface area contributed by atoms with Gasteiger partial charge in [0.05, 0.1) is 27.8 Å². The minimum absolute atomic E-state index is 0.556. The van der Waals surface area contributed by atoms with Crippen molar-refractivity contribution in [2.24, 2.45) is 0 Å². The number of hydrogen-bond donors (Lipinski definition) is 0. The normalized spacial score (nSPS) is 11.5. The highest BCUT2D eigenvalue weighted by molar-refractivity contribution is 6.14. The van der Waals surface area contributed by atoms with E-state index >= 15 is 0 Å². The average molecular weight is 868 g/mol. The zero-order chi connectivity index (χ0) is 45.0. The molecule has 5 nitrogen and oxygen atoms in total. The van der Waals surface area contributed by atoms with Crippen LogP contribution in [0, 0.1) is 0 Å². The zero-order valence-corrected chi connectivity index (χ0v) is 36.9. The molecule has 0 spiro atoms. The quantitative estimate of drug-likeness (QED) is 0.153. The minimum atomic E-state index is 0.556. The van der Waals surface area contributed by atoms with Gasteiger partial charge in [-0.05, 0) is 69.8 Å². The highest BCUT2D eigenvalue weighted by Crippen LogP contribution is 2.41. The van der Waals surface area contributed by atoms with Crippen LogP contribution < -0.4 is 0 Å². The smallest absolute Gasteiger partial charge is 0.238 e. The van der Waals surface area contributed by atoms with E-state index in [4.69, 9.17) is 15.0 Å². The second kappa shape index (κ2) is 16.4. The third-order valence-electron chi connectivity index (χ3n) is 13.2. The molecule has 318 valence electrons. The van der Waals surface area contributed by atoms with Crippen molar-refractivity contribution >= 4 is 43.6 Å². The molecule has 0 radical (unpaired) electrons. The van der Waals surface area contributed by atoms with Crippen molar-refractivity contribution in [2.75, 3.05) is 0 Å². The fourth-order valence-electron chi connectivity index (χ4n) is 10.0. The van der Waals surface area contributed by atoms with Crippen LogP contribution in [0.3, 0.4) is 0 Å². The molecule has 0 aliphatic heterocycles. The van der Waals surface area contributed by atoms with E-state index in [1.54, 1.807) is 0 Å². The molecule has 13 aromatic rings. The molecule has 0 aliphatic rings. The molecule has 0 atom stereocenters. The molecule has 0 N–H and O–H groups in total. The first-order valence-electron chi connectivity index (χ1n) is 23.0. The number of fused-ring (bicyclic) bond motifs is 6. The van der Waals surface area contributed by atoms with Crippen LogP contribution in [0.15, 0.2) is 249 Å². The predicted molar refractivity (Wildman–Crippen MR) is 281 cm³/mol. The summed E-state index contributed by atoms with van der Waals surface area (Å²) in [5.74, 6) is 1.75. The number of para-hydroxylation sites is 4. The van der Waals surface area contributed by atoms with Crippen LogP contribution in [0.5, 0.6) is 0 Å². The van der Waals surface area contributed by atoms with Gasteiger partial charge >= 0.3 is 0 Å². The molecular weight excluding hydrogens is 827 g/mol. The Morgan fingerprint density at radius 2 is 0.676 bits per heavy atom. The van der Waals surface area contributed by atoms with Gasteiger partial charge in [-0.3, -0.25) is 4.57 Å². The Bertz CT molecular complexity index is 3950. The zero-order valence-electron chi connectivity index (χ0n) is 36.9. The van der Waals surface area contributed by atoms with E-state index in [-0.39, 0.29) is 0 Å². The highest BCUT2D eigenvalue weighted by atomic mass is 15.2. The lowest BCUT2D eigenvalue weighted by Crippen LogP contribution is -2.07. The molecule has 13 rings (SSSR count). The molecule has 3 aromatic heterocycles. The Morgan fingerprint density at radius 3 is 1.29 bits per heavy atom. The van der Waals surface area contributed by atoms with Crippen molar-refractivity contribution in [3.05, 3.63) is 249 Å². The van der Waals surface area contributed by atoms with Crippen LogP contribution >= 0.6 is 0 Å². The van der Waals surface area contributed by atoms with Crippen molar-refractivity contribution in [3.63, 3.8) is 0 Å². The third kappa shape index (κ3) is 6.68. The van der Waals surface area contributed by atoms with Gasteiger partial charge in [-0.1, -0.05) is 212 Å². The van der Waals surface area contributed by atoms with Gasteiger partial charge in [0, 0.05) is 43.8 Å². The first-order chi connectivity index (χ1) is 33.7. The Labute approximate surface area is 393 Å². The van der Waals surface area contributed by atoms with E-state index in [0.29, 0.717) is 17.6 Å². The average Bonchev–Trinajstić information content (AvgIpc) is 3.95. The number of hydrogen-bond acceptors (Lipinski definition) is 3. The van der Waals surface area contributed by atoms with Gasteiger partial charge in [0.25, 0.3) is 0 Å². The third-order valence-corrected chi connectivity index (χ3v) is 13.2. The Balaban J connectivity index is 0.996. The fourth-order valence-corrected chi connectivity index (χ4v) is 10.0. The molecule has 68 heavy (non-hydrogen) atoms. The van der Waals surface area contributed by atoms with Crippen molar-refractivity contribution in [1.29, 1.82) is 0 Å². The Hall–Kier alpha value is -9.19. The lowest BCUT2D eigenvalue weighted by molar-refractivity contribution is 0.954. The first-order valence-corrected chi connectivity index (χ1v) is 23.0. The number of nitrogens with zero attached hydrogens (tertiary/aromatic N) is 5. The van der Waals surface area contributed by atoms with Crippen molar-refractivity contribution in [2.45, 2.75) is 0 Å². The molecule has 0 unspecified atom stereocenters. The molecule has 5 heteroatoms. The van der Waals surface area contributed by atoms with E-state index in [2.05, 4.69) is 240 Å². The monoisotopic (exact) mass is 867 g/mol. The summed E-state index contributed by atoms with van der Waals surface area (Å²) in [6.07, 6.45) is 0. The second-order valence-corrected chi connectivity index (χ2v) is 17.2. The van der Waals surface area contributed by atoms with Gasteiger partial charge in [-0.25, -0.2) is 4.98 Å². The summed E-state index contributed by atoms with van der Waals surface area (Å²) in [4.78, 5) is 15.9. The van der Waals surface area contributed by atoms with Gasteiger partial charge in [0.15, 0.2) is 11.6 Å². The van der Waals surface area contributed by atoms with Gasteiger partial charge in [-0.15, -0.1) is 0 Å². The summed E-state index contributed by atoms with van der Waals surface area (Å²) >= 11 is 0. The molecule has 0 bridgehead atoms. The number of rotatable bonds is 8. The topological polar surface area (TPSA) is 48.5 Å². The van der Waals surface area contributed by atoms with Crippen LogP contribution in [0.25, 0.3) is 123 Å². The van der Waals surface area contributed by atoms with E-state index < -0.39 is 0 Å². The van der Waals surface area contributed by atoms with Gasteiger partial charge in [0.2, 0.25) is 5.95 Å². The summed E-state index contributed by atoms with van der Waals surface area (Å²) in [5.41, 5.74) is 16.4. The van der Waals surface area contributed by atoms with Gasteiger partial charge in [0.1, 0.15) is 0 Å². The summed E-state index contributed by atoms with van der Waals surface area (Å²) in [6.45, 7) is 0. The van der Waals surface area contributed by atoms with Crippen LogP contribution in [0.2, 0.25) is 0 Å². The van der Waals surface area contributed by atoms with Crippen LogP contribution in [0.1, 0.15) is 0 Å². The Kier molecular flexibility index (Phi) is 9.43.